The van der Waals surface area contributed by atoms with Gasteiger partial charge in [0.15, 0.2) is 0 Å². The monoisotopic (exact) mass is 306 g/mol. The van der Waals surface area contributed by atoms with E-state index in [1.807, 2.05) is 36.9 Å². The van der Waals surface area contributed by atoms with E-state index in [1.54, 1.807) is 6.92 Å². The van der Waals surface area contributed by atoms with Crippen LogP contribution in [0.4, 0.5) is 0 Å². The maximum absolute atomic E-state index is 11.3. The Morgan fingerprint density at radius 1 is 1.27 bits per heavy atom. The van der Waals surface area contributed by atoms with Crippen LogP contribution in [0.25, 0.3) is 0 Å². The van der Waals surface area contributed by atoms with E-state index in [2.05, 4.69) is 4.90 Å². The van der Waals surface area contributed by atoms with Crippen molar-refractivity contribution in [3.63, 3.8) is 0 Å². The van der Waals surface area contributed by atoms with Crippen LogP contribution < -0.4 is 4.74 Å². The number of benzene rings is 1. The van der Waals surface area contributed by atoms with E-state index in [0.29, 0.717) is 6.54 Å². The van der Waals surface area contributed by atoms with Gasteiger partial charge in [-0.25, -0.2) is 0 Å². The molecule has 1 saturated heterocycles. The molecule has 22 heavy (non-hydrogen) atoms. The van der Waals surface area contributed by atoms with Gasteiger partial charge >= 0.3 is 0 Å². The van der Waals surface area contributed by atoms with Gasteiger partial charge in [0.1, 0.15) is 18.5 Å². The fourth-order valence-electron chi connectivity index (χ4n) is 2.64. The zero-order chi connectivity index (χ0) is 16.1. The molecule has 122 valence electrons. The Kier molecular flexibility index (Phi) is 5.80. The van der Waals surface area contributed by atoms with E-state index in [9.17, 15) is 9.90 Å². The van der Waals surface area contributed by atoms with Crippen molar-refractivity contribution in [2.45, 2.75) is 26.9 Å². The van der Waals surface area contributed by atoms with E-state index in [-0.39, 0.29) is 12.5 Å². The third-order valence-electron chi connectivity index (χ3n) is 4.06. The molecule has 1 atom stereocenters. The smallest absolute Gasteiger partial charge is 0.219 e. The second-order valence-electron chi connectivity index (χ2n) is 6.04. The molecule has 1 aliphatic rings. The SMILES string of the molecule is CC(=O)N1CCN(CC(O)COc2cc(C)ccc2C)CC1. The van der Waals surface area contributed by atoms with Gasteiger partial charge in [-0.1, -0.05) is 12.1 Å². The minimum atomic E-state index is -0.524. The zero-order valence-electron chi connectivity index (χ0n) is 13.7. The minimum absolute atomic E-state index is 0.124. The van der Waals surface area contributed by atoms with Crippen molar-refractivity contribution in [1.29, 1.82) is 0 Å². The Hall–Kier alpha value is -1.59. The molecule has 0 spiro atoms. The number of aliphatic hydroxyl groups is 1. The number of nitrogens with zero attached hydrogens (tertiary/aromatic N) is 2. The summed E-state index contributed by atoms with van der Waals surface area (Å²) < 4.78 is 5.74. The fourth-order valence-corrected chi connectivity index (χ4v) is 2.64. The van der Waals surface area contributed by atoms with E-state index < -0.39 is 6.10 Å². The number of carbonyl (C=O) groups is 1. The quantitative estimate of drug-likeness (QED) is 0.888. The number of piperazine rings is 1. The molecule has 1 unspecified atom stereocenters. The molecule has 1 N–H and O–H groups in total. The average molecular weight is 306 g/mol. The molecule has 1 aliphatic heterocycles. The van der Waals surface area contributed by atoms with Gasteiger partial charge in [-0.15, -0.1) is 0 Å². The van der Waals surface area contributed by atoms with Crippen LogP contribution in [0.3, 0.4) is 0 Å². The van der Waals surface area contributed by atoms with E-state index in [4.69, 9.17) is 4.74 Å². The summed E-state index contributed by atoms with van der Waals surface area (Å²) >= 11 is 0. The van der Waals surface area contributed by atoms with Crippen molar-refractivity contribution in [1.82, 2.24) is 9.80 Å². The number of carbonyl (C=O) groups excluding carboxylic acids is 1. The Morgan fingerprint density at radius 3 is 2.59 bits per heavy atom. The highest BCUT2D eigenvalue weighted by Crippen LogP contribution is 2.19. The number of aliphatic hydroxyl groups excluding tert-OH is 1. The molecule has 1 amide bonds. The zero-order valence-corrected chi connectivity index (χ0v) is 13.7. The Labute approximate surface area is 132 Å². The van der Waals surface area contributed by atoms with Crippen molar-refractivity contribution in [2.24, 2.45) is 0 Å². The Bertz CT molecular complexity index is 511. The van der Waals surface area contributed by atoms with Crippen LogP contribution in [0.2, 0.25) is 0 Å². The van der Waals surface area contributed by atoms with E-state index >= 15 is 0 Å². The Morgan fingerprint density at radius 2 is 1.95 bits per heavy atom. The predicted octanol–water partition coefficient (Wildman–Crippen LogP) is 1.21. The molecule has 0 radical (unpaired) electrons. The van der Waals surface area contributed by atoms with Gasteiger partial charge < -0.3 is 14.7 Å². The number of hydrogen-bond donors (Lipinski definition) is 1. The second kappa shape index (κ2) is 7.61. The molecule has 0 saturated carbocycles. The second-order valence-corrected chi connectivity index (χ2v) is 6.04. The van der Waals surface area contributed by atoms with Crippen molar-refractivity contribution < 1.29 is 14.6 Å². The first kappa shape index (κ1) is 16.8. The van der Waals surface area contributed by atoms with Crippen LogP contribution >= 0.6 is 0 Å². The van der Waals surface area contributed by atoms with Crippen molar-refractivity contribution in [2.75, 3.05) is 39.3 Å². The topological polar surface area (TPSA) is 53.0 Å². The van der Waals surface area contributed by atoms with Gasteiger partial charge in [-0.3, -0.25) is 9.69 Å². The van der Waals surface area contributed by atoms with Crippen molar-refractivity contribution in [3.8, 4) is 5.75 Å². The summed E-state index contributed by atoms with van der Waals surface area (Å²) in [5.74, 6) is 0.957. The van der Waals surface area contributed by atoms with Gasteiger partial charge in [-0.2, -0.15) is 0 Å². The number of ether oxygens (including phenoxy) is 1. The molecule has 2 rings (SSSR count). The summed E-state index contributed by atoms with van der Waals surface area (Å²) in [5.41, 5.74) is 2.23. The molecule has 5 nitrogen and oxygen atoms in total. The first-order chi connectivity index (χ1) is 10.5. The first-order valence-corrected chi connectivity index (χ1v) is 7.81. The lowest BCUT2D eigenvalue weighted by Crippen LogP contribution is -2.50. The lowest BCUT2D eigenvalue weighted by atomic mass is 10.1. The molecular formula is C17H26N2O3. The van der Waals surface area contributed by atoms with Crippen LogP contribution in [-0.4, -0.2) is 66.2 Å². The molecular weight excluding hydrogens is 280 g/mol. The fraction of sp³-hybridized carbons (Fsp3) is 0.588. The van der Waals surface area contributed by atoms with Crippen LogP contribution in [0.5, 0.6) is 5.75 Å². The van der Waals surface area contributed by atoms with Crippen LogP contribution in [0.1, 0.15) is 18.1 Å². The van der Waals surface area contributed by atoms with Gasteiger partial charge in [0, 0.05) is 39.6 Å². The highest BCUT2D eigenvalue weighted by Gasteiger charge is 2.20. The number of hydrogen-bond acceptors (Lipinski definition) is 4. The standard InChI is InChI=1S/C17H26N2O3/c1-13-4-5-14(2)17(10-13)22-12-16(21)11-18-6-8-19(9-7-18)15(3)20/h4-5,10,16,21H,6-9,11-12H2,1-3H3. The summed E-state index contributed by atoms with van der Waals surface area (Å²) in [6, 6.07) is 6.07. The van der Waals surface area contributed by atoms with Crippen LogP contribution in [0, 0.1) is 13.8 Å². The van der Waals surface area contributed by atoms with E-state index in [0.717, 1.165) is 43.1 Å². The first-order valence-electron chi connectivity index (χ1n) is 7.81. The van der Waals surface area contributed by atoms with Crippen LogP contribution in [0.15, 0.2) is 18.2 Å². The number of rotatable bonds is 5. The summed E-state index contributed by atoms with van der Waals surface area (Å²) in [6.45, 7) is 9.58. The molecule has 1 aromatic carbocycles. The molecule has 1 fully saturated rings. The summed E-state index contributed by atoms with van der Waals surface area (Å²) in [4.78, 5) is 15.3. The predicted molar refractivity (Wildman–Crippen MR) is 86.1 cm³/mol. The molecule has 0 aliphatic carbocycles. The van der Waals surface area contributed by atoms with Gasteiger partial charge in [0.25, 0.3) is 0 Å². The maximum atomic E-state index is 11.3. The van der Waals surface area contributed by atoms with Crippen molar-refractivity contribution in [3.05, 3.63) is 29.3 Å². The maximum Gasteiger partial charge on any atom is 0.219 e. The molecule has 1 aromatic rings. The minimum Gasteiger partial charge on any atom is -0.491 e. The normalized spacial score (nSPS) is 17.4. The van der Waals surface area contributed by atoms with Gasteiger partial charge in [-0.05, 0) is 31.0 Å². The average Bonchev–Trinajstić information content (AvgIpc) is 2.49. The molecule has 5 heteroatoms. The Balaban J connectivity index is 1.75. The molecule has 0 bridgehead atoms. The number of aryl methyl sites for hydroxylation is 2. The van der Waals surface area contributed by atoms with Gasteiger partial charge in [0.2, 0.25) is 5.91 Å². The lowest BCUT2D eigenvalue weighted by Gasteiger charge is -2.35. The third-order valence-corrected chi connectivity index (χ3v) is 4.06. The van der Waals surface area contributed by atoms with Crippen LogP contribution in [-0.2, 0) is 4.79 Å². The van der Waals surface area contributed by atoms with Gasteiger partial charge in [0.05, 0.1) is 0 Å². The number of β-amino-alcohol motifs (C(OH)–C–C–N with tert-alkyl or cyclic N) is 1. The highest BCUT2D eigenvalue weighted by molar-refractivity contribution is 5.73. The summed E-state index contributed by atoms with van der Waals surface area (Å²) in [5, 5.41) is 10.2. The highest BCUT2D eigenvalue weighted by atomic mass is 16.5. The molecule has 1 heterocycles. The summed E-state index contributed by atoms with van der Waals surface area (Å²) in [7, 11) is 0. The van der Waals surface area contributed by atoms with E-state index in [1.165, 1.54) is 0 Å². The number of amides is 1. The third kappa shape index (κ3) is 4.71. The molecule has 0 aromatic heterocycles. The lowest BCUT2D eigenvalue weighted by molar-refractivity contribution is -0.130. The van der Waals surface area contributed by atoms with Crippen molar-refractivity contribution >= 4 is 5.91 Å². The summed E-state index contributed by atoms with van der Waals surface area (Å²) in [6.07, 6.45) is -0.524. The largest absolute Gasteiger partial charge is 0.491 e.